The summed E-state index contributed by atoms with van der Waals surface area (Å²) in [4.78, 5) is 39.2. The van der Waals surface area contributed by atoms with Crippen LogP contribution in [0.25, 0.3) is 28.4 Å². The molecule has 0 unspecified atom stereocenters. The van der Waals surface area contributed by atoms with Crippen molar-refractivity contribution in [1.29, 1.82) is 0 Å². The van der Waals surface area contributed by atoms with E-state index in [1.54, 1.807) is 24.3 Å². The monoisotopic (exact) mass is 588 g/mol. The second-order valence-electron chi connectivity index (χ2n) is 10.1. The van der Waals surface area contributed by atoms with Gasteiger partial charge in [-0.3, -0.25) is 4.79 Å². The zero-order valence-electron chi connectivity index (χ0n) is 23.2. The van der Waals surface area contributed by atoms with Crippen molar-refractivity contribution < 1.29 is 13.2 Å². The molecular weight excluding hydrogens is 561 g/mol. The number of nitrogens with one attached hydrogen (secondary N) is 1. The second kappa shape index (κ2) is 11.3. The average molecular weight is 589 g/mol. The van der Waals surface area contributed by atoms with E-state index >= 15 is 0 Å². The predicted molar refractivity (Wildman–Crippen MR) is 157 cm³/mol. The molecule has 1 saturated heterocycles. The first-order valence-corrected chi connectivity index (χ1v) is 13.5. The van der Waals surface area contributed by atoms with Crippen LogP contribution in [0.2, 0.25) is 0 Å². The maximum absolute atomic E-state index is 13.3. The van der Waals surface area contributed by atoms with Crippen LogP contribution in [0.5, 0.6) is 0 Å². The lowest BCUT2D eigenvalue weighted by Crippen LogP contribution is -2.44. The first-order chi connectivity index (χ1) is 20.7. The summed E-state index contributed by atoms with van der Waals surface area (Å²) in [7, 11) is 2.12. The number of halogens is 3. The number of likely N-dealkylation sites (N-methyl/N-ethyl adjacent to an activating group) is 1. The van der Waals surface area contributed by atoms with Crippen LogP contribution >= 0.6 is 0 Å². The van der Waals surface area contributed by atoms with Crippen molar-refractivity contribution in [2.45, 2.75) is 12.7 Å². The normalized spacial score (nSPS) is 14.3. The molecule has 14 heteroatoms. The molecule has 0 spiro atoms. The molecule has 43 heavy (non-hydrogen) atoms. The zero-order valence-corrected chi connectivity index (χ0v) is 23.2. The van der Waals surface area contributed by atoms with Crippen LogP contribution in [-0.4, -0.2) is 72.4 Å². The number of nitrogens with zero attached hydrogens (tertiary/aromatic N) is 9. The number of hydrogen-bond acceptors (Lipinski definition) is 9. The number of fused-ring (bicyclic) bond motifs is 1. The first-order valence-electron chi connectivity index (χ1n) is 13.5. The lowest BCUT2D eigenvalue weighted by molar-refractivity contribution is -0.138. The van der Waals surface area contributed by atoms with Gasteiger partial charge in [-0.05, 0) is 43.4 Å². The van der Waals surface area contributed by atoms with E-state index in [0.29, 0.717) is 12.4 Å². The van der Waals surface area contributed by atoms with E-state index < -0.39 is 11.7 Å². The quantitative estimate of drug-likeness (QED) is 0.281. The molecule has 0 saturated carbocycles. The van der Waals surface area contributed by atoms with E-state index in [0.717, 1.165) is 37.6 Å². The lowest BCUT2D eigenvalue weighted by atomic mass is 10.2. The van der Waals surface area contributed by atoms with E-state index in [1.807, 2.05) is 24.3 Å². The van der Waals surface area contributed by atoms with Gasteiger partial charge < -0.3 is 15.1 Å². The third-order valence-corrected chi connectivity index (χ3v) is 7.13. The van der Waals surface area contributed by atoms with Gasteiger partial charge >= 0.3 is 6.18 Å². The van der Waals surface area contributed by atoms with Crippen molar-refractivity contribution in [3.8, 4) is 17.3 Å². The number of benzene rings is 1. The number of pyridine rings is 1. The molecule has 0 aliphatic carbocycles. The van der Waals surface area contributed by atoms with Crippen molar-refractivity contribution in [3.63, 3.8) is 0 Å². The molecule has 1 aliphatic rings. The zero-order chi connectivity index (χ0) is 30.1. The fourth-order valence-corrected chi connectivity index (χ4v) is 4.83. The van der Waals surface area contributed by atoms with Crippen LogP contribution in [0.3, 0.4) is 0 Å². The number of anilines is 3. The van der Waals surface area contributed by atoms with Crippen molar-refractivity contribution in [3.05, 3.63) is 89.6 Å². The van der Waals surface area contributed by atoms with Gasteiger partial charge in [0, 0.05) is 56.1 Å². The maximum Gasteiger partial charge on any atom is 0.419 e. The molecule has 0 radical (unpaired) electrons. The highest BCUT2D eigenvalue weighted by molar-refractivity contribution is 5.77. The van der Waals surface area contributed by atoms with Crippen LogP contribution in [0.4, 0.5) is 30.5 Å². The lowest BCUT2D eigenvalue weighted by Gasteiger charge is -2.34. The fraction of sp³-hybridized carbons (Fsp3) is 0.241. The summed E-state index contributed by atoms with van der Waals surface area (Å²) >= 11 is 0. The number of rotatable bonds is 7. The highest BCUT2D eigenvalue weighted by atomic mass is 19.4. The Labute approximate surface area is 244 Å². The van der Waals surface area contributed by atoms with E-state index in [2.05, 4.69) is 53.7 Å². The smallest absolute Gasteiger partial charge is 0.369 e. The Morgan fingerprint density at radius 1 is 0.953 bits per heavy atom. The number of aromatic nitrogens is 7. The van der Waals surface area contributed by atoms with E-state index in [9.17, 15) is 18.0 Å². The Bertz CT molecular complexity index is 1820. The molecule has 0 amide bonds. The Hall–Kier alpha value is -5.11. The van der Waals surface area contributed by atoms with Gasteiger partial charge in [-0.1, -0.05) is 12.1 Å². The highest BCUT2D eigenvalue weighted by Gasteiger charge is 2.31. The Morgan fingerprint density at radius 2 is 1.67 bits per heavy atom. The molecule has 0 bridgehead atoms. The molecule has 5 aromatic rings. The van der Waals surface area contributed by atoms with Gasteiger partial charge in [0.1, 0.15) is 11.1 Å². The minimum Gasteiger partial charge on any atom is -0.369 e. The highest BCUT2D eigenvalue weighted by Crippen LogP contribution is 2.29. The molecule has 220 valence electrons. The molecular formula is C29H27F3N10O. The van der Waals surface area contributed by atoms with Crippen molar-refractivity contribution >= 4 is 28.4 Å². The maximum atomic E-state index is 13.3. The molecule has 11 nitrogen and oxygen atoms in total. The van der Waals surface area contributed by atoms with Gasteiger partial charge in [0.2, 0.25) is 5.95 Å². The molecule has 6 rings (SSSR count). The van der Waals surface area contributed by atoms with Crippen LogP contribution < -0.4 is 15.8 Å². The summed E-state index contributed by atoms with van der Waals surface area (Å²) in [5.74, 6) is 0.559. The Balaban J connectivity index is 1.34. The fourth-order valence-electron chi connectivity index (χ4n) is 4.83. The summed E-state index contributed by atoms with van der Waals surface area (Å²) in [6.07, 6.45) is -0.133. The summed E-state index contributed by atoms with van der Waals surface area (Å²) in [6.45, 7) is 7.84. The Morgan fingerprint density at radius 3 is 2.35 bits per heavy atom. The summed E-state index contributed by atoms with van der Waals surface area (Å²) in [6, 6.07) is 12.9. The first kappa shape index (κ1) is 28.0. The molecule has 4 aromatic heterocycles. The molecule has 1 fully saturated rings. The average Bonchev–Trinajstić information content (AvgIpc) is 3.28. The van der Waals surface area contributed by atoms with E-state index in [-0.39, 0.29) is 46.4 Å². The van der Waals surface area contributed by atoms with Gasteiger partial charge in [0.05, 0.1) is 12.1 Å². The van der Waals surface area contributed by atoms with Gasteiger partial charge in [-0.2, -0.15) is 18.2 Å². The standard InChI is InChI=1S/C29H27F3N10O/c1-3-11-41-27(43)22-18-35-28(36-20-7-9-21(10-8-20)40-14-12-39(2)13-15-40)38-26(22)42(41)24-6-4-5-23(37-24)25-33-16-19(17-34-25)29(30,31)32/h3-10,16-18H,1,11-15H2,2H3,(H,35,36,38). The SMILES string of the molecule is C=CCn1c(=O)c2cnc(Nc3ccc(N4CCN(C)CC4)cc3)nc2n1-c1cccc(-c2ncc(C(F)(F)F)cn2)n1. The van der Waals surface area contributed by atoms with Crippen molar-refractivity contribution in [1.82, 2.24) is 39.2 Å². The van der Waals surface area contributed by atoms with Gasteiger partial charge in [0.15, 0.2) is 17.3 Å². The third kappa shape index (κ3) is 5.68. The molecule has 1 aromatic carbocycles. The number of allylic oxidation sites excluding steroid dienone is 1. The van der Waals surface area contributed by atoms with Gasteiger partial charge in [-0.25, -0.2) is 29.3 Å². The topological polar surface area (TPSA) is 110 Å². The van der Waals surface area contributed by atoms with Gasteiger partial charge in [-0.15, -0.1) is 6.58 Å². The summed E-state index contributed by atoms with van der Waals surface area (Å²) < 4.78 is 41.9. The van der Waals surface area contributed by atoms with Crippen molar-refractivity contribution in [2.24, 2.45) is 0 Å². The minimum atomic E-state index is -4.56. The summed E-state index contributed by atoms with van der Waals surface area (Å²) in [5.41, 5.74) is 1.10. The molecule has 5 heterocycles. The summed E-state index contributed by atoms with van der Waals surface area (Å²) in [5, 5.41) is 3.46. The second-order valence-corrected chi connectivity index (χ2v) is 10.1. The van der Waals surface area contributed by atoms with Crippen LogP contribution in [0.15, 0.2) is 78.5 Å². The predicted octanol–water partition coefficient (Wildman–Crippen LogP) is 4.13. The minimum absolute atomic E-state index is 0.000862. The van der Waals surface area contributed by atoms with Crippen molar-refractivity contribution in [2.75, 3.05) is 43.4 Å². The Kier molecular flexibility index (Phi) is 7.36. The molecule has 0 atom stereocenters. The number of alkyl halides is 3. The van der Waals surface area contributed by atoms with Crippen LogP contribution in [-0.2, 0) is 12.7 Å². The third-order valence-electron chi connectivity index (χ3n) is 7.13. The van der Waals surface area contributed by atoms with E-state index in [1.165, 1.54) is 15.6 Å². The number of hydrogen-bond donors (Lipinski definition) is 1. The van der Waals surface area contributed by atoms with Gasteiger partial charge in [0.25, 0.3) is 5.56 Å². The van der Waals surface area contributed by atoms with E-state index in [4.69, 9.17) is 0 Å². The van der Waals surface area contributed by atoms with Crippen LogP contribution in [0.1, 0.15) is 5.56 Å². The number of piperazine rings is 1. The molecule has 1 N–H and O–H groups in total. The van der Waals surface area contributed by atoms with Crippen LogP contribution in [0, 0.1) is 0 Å². The molecule has 1 aliphatic heterocycles. The largest absolute Gasteiger partial charge is 0.419 e.